The smallest absolute Gasteiger partial charge is 0.346 e. The zero-order chi connectivity index (χ0) is 45.4. The normalized spacial score (nSPS) is 12.0. The van der Waals surface area contributed by atoms with E-state index in [1.165, 1.54) is 61.0 Å². The van der Waals surface area contributed by atoms with E-state index in [1.807, 2.05) is 12.1 Å². The predicted octanol–water partition coefficient (Wildman–Crippen LogP) is 15.7. The average molecular weight is 902 g/mol. The Kier molecular flexibility index (Phi) is 10.8. The highest BCUT2D eigenvalue weighted by molar-refractivity contribution is 7.24. The number of para-hydroxylation sites is 4. The zero-order valence-electron chi connectivity index (χ0n) is 36.1. The number of aliphatic carboxylic acids is 1. The molecule has 0 fully saturated rings. The number of nitrogens with zero attached hydrogens (tertiary/aromatic N) is 3. The molecule has 6 nitrogen and oxygen atoms in total. The summed E-state index contributed by atoms with van der Waals surface area (Å²) in [6, 6.07) is 65.6. The van der Waals surface area contributed by atoms with Crippen LogP contribution in [-0.4, -0.2) is 27.3 Å². The van der Waals surface area contributed by atoms with Gasteiger partial charge in [0.25, 0.3) is 0 Å². The Hall–Kier alpha value is -8.48. The molecule has 0 radical (unpaired) electrons. The lowest BCUT2D eigenvalue weighted by atomic mass is 10.0. The number of hydrogen-bond acceptors (Lipinski definition) is 5. The maximum absolute atomic E-state index is 11.5. The molecule has 11 aromatic rings. The number of ether oxygens (including phenoxy) is 1. The zero-order valence-corrected chi connectivity index (χ0v) is 37.8. The third-order valence-corrected chi connectivity index (χ3v) is 14.5. The monoisotopic (exact) mass is 901 g/mol. The van der Waals surface area contributed by atoms with Crippen molar-refractivity contribution >= 4 is 103 Å². The number of methoxy groups -OCH3 is 1. The fraction of sp³-hybridized carbons (Fsp3) is 0.0169. The van der Waals surface area contributed by atoms with Crippen LogP contribution in [0.5, 0.6) is 5.75 Å². The molecule has 0 amide bonds. The van der Waals surface area contributed by atoms with Crippen LogP contribution in [-0.2, 0) is 4.79 Å². The first-order valence-electron chi connectivity index (χ1n) is 21.7. The molecule has 0 saturated carbocycles. The van der Waals surface area contributed by atoms with Gasteiger partial charge in [-0.15, -0.1) is 22.7 Å². The second-order valence-corrected chi connectivity index (χ2v) is 18.3. The molecule has 0 bridgehead atoms. The van der Waals surface area contributed by atoms with Crippen molar-refractivity contribution in [1.29, 1.82) is 5.26 Å². The van der Waals surface area contributed by atoms with E-state index in [0.717, 1.165) is 59.6 Å². The van der Waals surface area contributed by atoms with E-state index in [4.69, 9.17) is 4.74 Å². The van der Waals surface area contributed by atoms with Crippen molar-refractivity contribution < 1.29 is 14.6 Å². The van der Waals surface area contributed by atoms with Gasteiger partial charge in [0.2, 0.25) is 0 Å². The first kappa shape index (κ1) is 41.2. The standard InChI is InChI=1S/C59H39N3O3S2/c1-65-58-40(24-18-38-20-26-44(27-21-38)61-51-14-6-2-10-47(51)48-11-3-7-15-52(48)61)34-42(55-32-33-57(67-55)56-31-30-46(66-56)36-43(37-60)59(63)64)35-41(58)25-19-39-22-28-45(29-23-39)62-53-16-8-4-12-49(53)50-13-5-9-17-54(50)62/h2-36H,1H3,(H,63,64)/b24-18+,25-19+,43-36-. The quantitative estimate of drug-likeness (QED) is 0.0797. The van der Waals surface area contributed by atoms with Gasteiger partial charge < -0.3 is 19.0 Å². The molecule has 0 saturated heterocycles. The summed E-state index contributed by atoms with van der Waals surface area (Å²) in [7, 11) is 1.72. The van der Waals surface area contributed by atoms with Crippen LogP contribution in [0.1, 0.15) is 27.1 Å². The minimum Gasteiger partial charge on any atom is -0.496 e. The molecule has 0 aliphatic carbocycles. The molecule has 0 spiro atoms. The van der Waals surface area contributed by atoms with Crippen molar-refractivity contribution in [2.45, 2.75) is 0 Å². The van der Waals surface area contributed by atoms with Gasteiger partial charge in [-0.1, -0.05) is 121 Å². The molecule has 67 heavy (non-hydrogen) atoms. The first-order chi connectivity index (χ1) is 32.9. The van der Waals surface area contributed by atoms with E-state index >= 15 is 0 Å². The largest absolute Gasteiger partial charge is 0.496 e. The summed E-state index contributed by atoms with van der Waals surface area (Å²) in [4.78, 5) is 15.3. The van der Waals surface area contributed by atoms with Gasteiger partial charge in [0.15, 0.2) is 0 Å². The maximum atomic E-state index is 11.5. The van der Waals surface area contributed by atoms with Crippen LogP contribution in [0.25, 0.3) is 106 Å². The first-order valence-corrected chi connectivity index (χ1v) is 23.4. The number of carbonyl (C=O) groups is 1. The molecule has 4 heterocycles. The van der Waals surface area contributed by atoms with Crippen LogP contribution in [0.3, 0.4) is 0 Å². The predicted molar refractivity (Wildman–Crippen MR) is 280 cm³/mol. The molecule has 4 aromatic heterocycles. The van der Waals surface area contributed by atoms with Crippen molar-refractivity contribution in [2.75, 3.05) is 7.11 Å². The van der Waals surface area contributed by atoms with Crippen LogP contribution >= 0.6 is 22.7 Å². The number of aromatic nitrogens is 2. The van der Waals surface area contributed by atoms with Gasteiger partial charge in [0, 0.05) is 63.6 Å². The SMILES string of the molecule is COc1c(/C=C/c2ccc(-n3c4ccccc4c4ccccc43)cc2)cc(-c2ccc(-c3ccc(/C=C(/C#N)C(=O)O)s3)s2)cc1/C=C/c1ccc(-n2c3ccccc3c3ccccc32)cc1. The summed E-state index contributed by atoms with van der Waals surface area (Å²) in [6.07, 6.45) is 9.92. The van der Waals surface area contributed by atoms with Gasteiger partial charge in [-0.2, -0.15) is 5.26 Å². The second-order valence-electron chi connectivity index (χ2n) is 16.1. The molecule has 320 valence electrons. The Balaban J connectivity index is 0.948. The van der Waals surface area contributed by atoms with Crippen LogP contribution in [0, 0.1) is 11.3 Å². The van der Waals surface area contributed by atoms with Crippen LogP contribution < -0.4 is 4.74 Å². The highest BCUT2D eigenvalue weighted by atomic mass is 32.1. The van der Waals surface area contributed by atoms with E-state index in [0.29, 0.717) is 4.88 Å². The summed E-state index contributed by atoms with van der Waals surface area (Å²) < 4.78 is 10.9. The van der Waals surface area contributed by atoms with E-state index in [2.05, 4.69) is 203 Å². The van der Waals surface area contributed by atoms with Crippen molar-refractivity contribution in [3.63, 3.8) is 0 Å². The number of hydrogen-bond donors (Lipinski definition) is 1. The molecule has 0 atom stereocenters. The number of rotatable bonds is 11. The number of nitriles is 1. The average Bonchev–Trinajstić information content (AvgIpc) is 4.19. The lowest BCUT2D eigenvalue weighted by Gasteiger charge is -2.12. The molecule has 1 N–H and O–H groups in total. The summed E-state index contributed by atoms with van der Waals surface area (Å²) in [5, 5.41) is 23.6. The molecule has 11 rings (SSSR count). The van der Waals surface area contributed by atoms with E-state index in [9.17, 15) is 15.2 Å². The molecule has 7 aromatic carbocycles. The number of carboxylic acid groups (broad SMARTS) is 1. The third kappa shape index (κ3) is 7.72. The van der Waals surface area contributed by atoms with E-state index < -0.39 is 5.97 Å². The van der Waals surface area contributed by atoms with Gasteiger partial charge >= 0.3 is 5.97 Å². The Morgan fingerprint density at radius 3 is 1.39 bits per heavy atom. The number of carboxylic acids is 1. The summed E-state index contributed by atoms with van der Waals surface area (Å²) in [6.45, 7) is 0. The fourth-order valence-corrected chi connectivity index (χ4v) is 11.0. The fourth-order valence-electron chi connectivity index (χ4n) is 9.01. The summed E-state index contributed by atoms with van der Waals surface area (Å²) in [5.74, 6) is -0.476. The highest BCUT2D eigenvalue weighted by Crippen LogP contribution is 2.41. The molecule has 0 aliphatic rings. The summed E-state index contributed by atoms with van der Waals surface area (Å²) >= 11 is 3.12. The van der Waals surface area contributed by atoms with Crippen LogP contribution in [0.4, 0.5) is 0 Å². The minimum absolute atomic E-state index is 0.294. The van der Waals surface area contributed by atoms with Gasteiger partial charge in [-0.3, -0.25) is 0 Å². The number of thiophene rings is 2. The molecular formula is C59H39N3O3S2. The van der Waals surface area contributed by atoms with Crippen LogP contribution in [0.2, 0.25) is 0 Å². The molecule has 0 aliphatic heterocycles. The molecule has 8 heteroatoms. The highest BCUT2D eigenvalue weighted by Gasteiger charge is 2.16. The minimum atomic E-state index is -1.24. The lowest BCUT2D eigenvalue weighted by molar-refractivity contribution is -0.132. The number of benzene rings is 7. The van der Waals surface area contributed by atoms with E-state index in [1.54, 1.807) is 24.5 Å². The van der Waals surface area contributed by atoms with Crippen molar-refractivity contribution in [2.24, 2.45) is 0 Å². The second kappa shape index (κ2) is 17.5. The third-order valence-electron chi connectivity index (χ3n) is 12.1. The van der Waals surface area contributed by atoms with E-state index in [-0.39, 0.29) is 5.57 Å². The van der Waals surface area contributed by atoms with Crippen molar-refractivity contribution in [3.05, 3.63) is 215 Å². The van der Waals surface area contributed by atoms with Crippen molar-refractivity contribution in [3.8, 4) is 43.4 Å². The number of fused-ring (bicyclic) bond motifs is 6. The molecular weight excluding hydrogens is 863 g/mol. The Bertz CT molecular complexity index is 3540. The van der Waals surface area contributed by atoms with Gasteiger partial charge in [0.05, 0.1) is 29.2 Å². The van der Waals surface area contributed by atoms with Gasteiger partial charge in [-0.25, -0.2) is 4.79 Å². The van der Waals surface area contributed by atoms with Gasteiger partial charge in [0.1, 0.15) is 17.4 Å². The Morgan fingerprint density at radius 2 is 0.955 bits per heavy atom. The topological polar surface area (TPSA) is 80.2 Å². The lowest BCUT2D eigenvalue weighted by Crippen LogP contribution is -1.96. The van der Waals surface area contributed by atoms with Crippen LogP contribution in [0.15, 0.2) is 188 Å². The Morgan fingerprint density at radius 1 is 0.537 bits per heavy atom. The van der Waals surface area contributed by atoms with Crippen molar-refractivity contribution in [1.82, 2.24) is 9.13 Å². The summed E-state index contributed by atoms with van der Waals surface area (Å²) in [5.41, 5.74) is 11.6. The molecule has 0 unspecified atom stereocenters. The maximum Gasteiger partial charge on any atom is 0.346 e. The Labute approximate surface area is 394 Å². The van der Waals surface area contributed by atoms with Gasteiger partial charge in [-0.05, 0) is 108 Å².